The van der Waals surface area contributed by atoms with Crippen molar-refractivity contribution in [2.45, 2.75) is 58.0 Å². The average molecular weight is 312 g/mol. The lowest BCUT2D eigenvalue weighted by Crippen LogP contribution is -2.47. The Morgan fingerprint density at radius 3 is 2.10 bits per heavy atom. The van der Waals surface area contributed by atoms with Gasteiger partial charge in [0.05, 0.1) is 0 Å². The van der Waals surface area contributed by atoms with Crippen LogP contribution in [0.3, 0.4) is 0 Å². The van der Waals surface area contributed by atoms with Gasteiger partial charge in [0.2, 0.25) is 0 Å². The summed E-state index contributed by atoms with van der Waals surface area (Å²) in [7, 11) is -2.19. The van der Waals surface area contributed by atoms with Gasteiger partial charge in [-0.3, -0.25) is 4.79 Å². The van der Waals surface area contributed by atoms with E-state index < -0.39 is 20.5 Å². The minimum Gasteiger partial charge on any atom is -0.404 e. The molecule has 0 radical (unpaired) electrons. The third-order valence-electron chi connectivity index (χ3n) is 4.13. The minimum atomic E-state index is -2.19. The molecule has 0 aliphatic carbocycles. The monoisotopic (exact) mass is 312 g/mol. The molecular formula is C16H25FO3Si. The van der Waals surface area contributed by atoms with E-state index in [1.165, 1.54) is 31.2 Å². The molecule has 1 N–H and O–H groups in total. The number of ketones is 1. The normalized spacial score (nSPS) is 15.6. The molecule has 1 aromatic rings. The maximum atomic E-state index is 13.0. The second-order valence-electron chi connectivity index (χ2n) is 6.91. The molecule has 0 aromatic heterocycles. The molecule has 1 rings (SSSR count). The summed E-state index contributed by atoms with van der Waals surface area (Å²) in [6.07, 6.45) is -2.01. The number of Topliss-reactive ketones (excluding diaryl/α,β-unsaturated/α-hetero) is 1. The van der Waals surface area contributed by atoms with Crippen molar-refractivity contribution >= 4 is 14.1 Å². The average Bonchev–Trinajstić information content (AvgIpc) is 2.34. The Kier molecular flexibility index (Phi) is 5.47. The van der Waals surface area contributed by atoms with E-state index in [-0.39, 0.29) is 16.6 Å². The van der Waals surface area contributed by atoms with Crippen molar-refractivity contribution in [3.05, 3.63) is 35.6 Å². The van der Waals surface area contributed by atoms with Gasteiger partial charge in [-0.15, -0.1) is 0 Å². The van der Waals surface area contributed by atoms with Crippen LogP contribution in [0.15, 0.2) is 24.3 Å². The zero-order chi connectivity index (χ0) is 16.4. The summed E-state index contributed by atoms with van der Waals surface area (Å²) in [5.74, 6) is -0.604. The molecule has 2 atom stereocenters. The Labute approximate surface area is 127 Å². The molecule has 0 saturated carbocycles. The van der Waals surface area contributed by atoms with Crippen molar-refractivity contribution in [3.8, 4) is 0 Å². The highest BCUT2D eigenvalue weighted by molar-refractivity contribution is 6.74. The van der Waals surface area contributed by atoms with Crippen LogP contribution in [-0.2, 0) is 9.22 Å². The first kappa shape index (κ1) is 18.0. The predicted octanol–water partition coefficient (Wildman–Crippen LogP) is 3.84. The SMILES string of the molecule is CC(=O)[C@H](O[Si](C)(C)C(C)(C)C)[C@@H](O)c1ccc(F)cc1. The molecule has 21 heavy (non-hydrogen) atoms. The van der Waals surface area contributed by atoms with Gasteiger partial charge in [-0.25, -0.2) is 4.39 Å². The van der Waals surface area contributed by atoms with Crippen LogP contribution in [0.5, 0.6) is 0 Å². The van der Waals surface area contributed by atoms with Crippen molar-refractivity contribution in [1.82, 2.24) is 0 Å². The van der Waals surface area contributed by atoms with E-state index in [1.54, 1.807) is 0 Å². The smallest absolute Gasteiger partial charge is 0.193 e. The van der Waals surface area contributed by atoms with E-state index in [9.17, 15) is 14.3 Å². The number of aliphatic hydroxyl groups excluding tert-OH is 1. The van der Waals surface area contributed by atoms with Crippen LogP contribution >= 0.6 is 0 Å². The second-order valence-corrected chi connectivity index (χ2v) is 11.7. The quantitative estimate of drug-likeness (QED) is 0.840. The number of benzene rings is 1. The van der Waals surface area contributed by atoms with Crippen LogP contribution < -0.4 is 0 Å². The predicted molar refractivity (Wildman–Crippen MR) is 84.1 cm³/mol. The first-order valence-electron chi connectivity index (χ1n) is 7.07. The topological polar surface area (TPSA) is 46.5 Å². The highest BCUT2D eigenvalue weighted by Crippen LogP contribution is 2.38. The molecule has 3 nitrogen and oxygen atoms in total. The molecule has 118 valence electrons. The number of halogens is 1. The lowest BCUT2D eigenvalue weighted by Gasteiger charge is -2.39. The molecule has 0 aliphatic rings. The number of hydrogen-bond acceptors (Lipinski definition) is 3. The van der Waals surface area contributed by atoms with Gasteiger partial charge in [-0.1, -0.05) is 32.9 Å². The van der Waals surface area contributed by atoms with Crippen LogP contribution in [0, 0.1) is 5.82 Å². The molecule has 0 spiro atoms. The fourth-order valence-corrected chi connectivity index (χ4v) is 2.98. The third kappa shape index (κ3) is 4.46. The van der Waals surface area contributed by atoms with Gasteiger partial charge in [0.15, 0.2) is 14.1 Å². The first-order valence-corrected chi connectivity index (χ1v) is 9.98. The van der Waals surface area contributed by atoms with Gasteiger partial charge in [-0.05, 0) is 42.8 Å². The second kappa shape index (κ2) is 6.38. The van der Waals surface area contributed by atoms with Crippen molar-refractivity contribution < 1.29 is 18.7 Å². The molecule has 1 aromatic carbocycles. The highest BCUT2D eigenvalue weighted by Gasteiger charge is 2.42. The van der Waals surface area contributed by atoms with Crippen LogP contribution in [0.2, 0.25) is 18.1 Å². The van der Waals surface area contributed by atoms with E-state index in [2.05, 4.69) is 20.8 Å². The van der Waals surface area contributed by atoms with Gasteiger partial charge < -0.3 is 9.53 Å². The lowest BCUT2D eigenvalue weighted by molar-refractivity contribution is -0.129. The number of aliphatic hydroxyl groups is 1. The molecule has 0 bridgehead atoms. The fraction of sp³-hybridized carbons (Fsp3) is 0.562. The summed E-state index contributed by atoms with van der Waals surface area (Å²) in [5.41, 5.74) is 0.482. The number of carbonyl (C=O) groups excluding carboxylic acids is 1. The Bertz CT molecular complexity index is 491. The van der Waals surface area contributed by atoms with Gasteiger partial charge in [-0.2, -0.15) is 0 Å². The summed E-state index contributed by atoms with van der Waals surface area (Å²) in [5, 5.41) is 10.4. The Balaban J connectivity index is 3.02. The minimum absolute atomic E-state index is 0.0663. The molecule has 0 unspecified atom stereocenters. The summed E-state index contributed by atoms with van der Waals surface area (Å²) in [6, 6.07) is 5.49. The molecule has 5 heteroatoms. The van der Waals surface area contributed by atoms with Crippen molar-refractivity contribution in [2.75, 3.05) is 0 Å². The summed E-state index contributed by atoms with van der Waals surface area (Å²) in [4.78, 5) is 11.9. The molecule has 0 amide bonds. The molecular weight excluding hydrogens is 287 g/mol. The van der Waals surface area contributed by atoms with Gasteiger partial charge in [0.25, 0.3) is 0 Å². The lowest BCUT2D eigenvalue weighted by atomic mass is 10.0. The van der Waals surface area contributed by atoms with Gasteiger partial charge >= 0.3 is 0 Å². The standard InChI is InChI=1S/C16H25FO3Si/c1-11(18)15(20-21(5,6)16(2,3)4)14(19)12-7-9-13(17)10-8-12/h7-10,14-15,19H,1-6H3/t14-,15-/m0/s1. The Hall–Kier alpha value is -1.04. The Morgan fingerprint density at radius 1 is 1.24 bits per heavy atom. The van der Waals surface area contributed by atoms with Crippen LogP contribution in [-0.4, -0.2) is 25.3 Å². The fourth-order valence-electron chi connectivity index (χ4n) is 1.70. The van der Waals surface area contributed by atoms with Crippen molar-refractivity contribution in [3.63, 3.8) is 0 Å². The molecule has 0 saturated heterocycles. The van der Waals surface area contributed by atoms with E-state index in [0.29, 0.717) is 5.56 Å². The first-order chi connectivity index (χ1) is 9.45. The largest absolute Gasteiger partial charge is 0.404 e. The summed E-state index contributed by atoms with van der Waals surface area (Å²) in [6.45, 7) is 11.7. The highest BCUT2D eigenvalue weighted by atomic mass is 28.4. The molecule has 0 fully saturated rings. The summed E-state index contributed by atoms with van der Waals surface area (Å²) >= 11 is 0. The van der Waals surface area contributed by atoms with Crippen LogP contribution in [0.25, 0.3) is 0 Å². The van der Waals surface area contributed by atoms with E-state index >= 15 is 0 Å². The van der Waals surface area contributed by atoms with Crippen LogP contribution in [0.4, 0.5) is 4.39 Å². The number of hydrogen-bond donors (Lipinski definition) is 1. The van der Waals surface area contributed by atoms with E-state index in [4.69, 9.17) is 4.43 Å². The van der Waals surface area contributed by atoms with Crippen molar-refractivity contribution in [2.24, 2.45) is 0 Å². The van der Waals surface area contributed by atoms with Gasteiger partial charge in [0.1, 0.15) is 18.0 Å². The third-order valence-corrected chi connectivity index (χ3v) is 8.58. The van der Waals surface area contributed by atoms with Gasteiger partial charge in [0, 0.05) is 0 Å². The zero-order valence-electron chi connectivity index (χ0n) is 13.6. The zero-order valence-corrected chi connectivity index (χ0v) is 14.6. The van der Waals surface area contributed by atoms with Crippen LogP contribution in [0.1, 0.15) is 39.4 Å². The number of rotatable bonds is 5. The maximum Gasteiger partial charge on any atom is 0.193 e. The maximum absolute atomic E-state index is 13.0. The summed E-state index contributed by atoms with van der Waals surface area (Å²) < 4.78 is 19.0. The van der Waals surface area contributed by atoms with E-state index in [1.807, 2.05) is 13.1 Å². The molecule has 0 aliphatic heterocycles. The van der Waals surface area contributed by atoms with Crippen molar-refractivity contribution in [1.29, 1.82) is 0 Å². The molecule has 0 heterocycles. The Morgan fingerprint density at radius 2 is 1.71 bits per heavy atom. The number of carbonyl (C=O) groups is 1. The van der Waals surface area contributed by atoms with E-state index in [0.717, 1.165) is 0 Å².